The highest BCUT2D eigenvalue weighted by Gasteiger charge is 2.30. The maximum Gasteiger partial charge on any atom is 0.315 e. The summed E-state index contributed by atoms with van der Waals surface area (Å²) in [6.45, 7) is 2.48. The van der Waals surface area contributed by atoms with E-state index in [0.717, 1.165) is 17.1 Å². The Kier molecular flexibility index (Phi) is 4.94. The van der Waals surface area contributed by atoms with Gasteiger partial charge in [-0.2, -0.15) is 0 Å². The molecule has 1 aromatic heterocycles. The van der Waals surface area contributed by atoms with Crippen molar-refractivity contribution in [3.8, 4) is 0 Å². The number of carboxylic acids is 1. The van der Waals surface area contributed by atoms with Crippen LogP contribution in [0.1, 0.15) is 30.0 Å². The van der Waals surface area contributed by atoms with E-state index in [-0.39, 0.29) is 18.0 Å². The van der Waals surface area contributed by atoms with Gasteiger partial charge in [0.1, 0.15) is 0 Å². The molecule has 2 amide bonds. The molecule has 1 fully saturated rings. The van der Waals surface area contributed by atoms with Gasteiger partial charge in [0, 0.05) is 24.4 Å². The number of carbonyl (C=O) groups excluding carboxylic acids is 1. The van der Waals surface area contributed by atoms with Crippen molar-refractivity contribution in [2.45, 2.75) is 38.6 Å². The Balaban J connectivity index is 1.65. The van der Waals surface area contributed by atoms with Gasteiger partial charge in [0.15, 0.2) is 0 Å². The van der Waals surface area contributed by atoms with Crippen LogP contribution in [0.25, 0.3) is 0 Å². The van der Waals surface area contributed by atoms with E-state index >= 15 is 0 Å². The molecule has 2 rings (SSSR count). The number of rotatable bonds is 5. The Bertz CT molecular complexity index is 489. The molecule has 1 aliphatic rings. The Morgan fingerprint density at radius 2 is 2.30 bits per heavy atom. The minimum atomic E-state index is -0.770. The van der Waals surface area contributed by atoms with Crippen LogP contribution in [0.3, 0.4) is 0 Å². The molecule has 0 radical (unpaired) electrons. The molecule has 2 unspecified atom stereocenters. The second-order valence-corrected chi connectivity index (χ2v) is 6.12. The lowest BCUT2D eigenvalue weighted by Gasteiger charge is -2.13. The summed E-state index contributed by atoms with van der Waals surface area (Å²) in [5, 5.41) is 17.5. The Labute approximate surface area is 121 Å². The molecule has 0 aliphatic heterocycles. The van der Waals surface area contributed by atoms with Gasteiger partial charge in [0.2, 0.25) is 0 Å². The maximum absolute atomic E-state index is 11.7. The minimum absolute atomic E-state index is 0.0300. The number of hydrogen-bond donors (Lipinski definition) is 3. The Morgan fingerprint density at radius 1 is 1.50 bits per heavy atom. The number of amides is 2. The van der Waals surface area contributed by atoms with Crippen molar-refractivity contribution in [3.05, 3.63) is 16.1 Å². The fraction of sp³-hybridized carbons (Fsp3) is 0.615. The van der Waals surface area contributed by atoms with Crippen molar-refractivity contribution in [2.75, 3.05) is 6.54 Å². The van der Waals surface area contributed by atoms with E-state index in [1.807, 2.05) is 12.3 Å². The quantitative estimate of drug-likeness (QED) is 0.769. The highest BCUT2D eigenvalue weighted by molar-refractivity contribution is 7.09. The van der Waals surface area contributed by atoms with E-state index in [1.54, 1.807) is 11.3 Å². The molecule has 3 N–H and O–H groups in total. The number of nitrogens with zero attached hydrogens (tertiary/aromatic N) is 1. The standard InChI is InChI=1S/C13H19N3O3S/c1-8-15-11(7-20-8)4-5-14-13(19)16-10-3-2-9(6-10)12(17)18/h7,9-10H,2-6H2,1H3,(H,17,18)(H2,14,16,19). The van der Waals surface area contributed by atoms with Gasteiger partial charge < -0.3 is 15.7 Å². The molecule has 1 aromatic rings. The third-order valence-corrected chi connectivity index (χ3v) is 4.27. The summed E-state index contributed by atoms with van der Waals surface area (Å²) < 4.78 is 0. The largest absolute Gasteiger partial charge is 0.481 e. The smallest absolute Gasteiger partial charge is 0.315 e. The lowest BCUT2D eigenvalue weighted by Crippen LogP contribution is -2.41. The molecule has 110 valence electrons. The van der Waals surface area contributed by atoms with E-state index in [9.17, 15) is 9.59 Å². The van der Waals surface area contributed by atoms with Crippen LogP contribution in [0, 0.1) is 12.8 Å². The molecule has 1 aliphatic carbocycles. The van der Waals surface area contributed by atoms with Crippen LogP contribution in [-0.4, -0.2) is 34.7 Å². The molecule has 7 heteroatoms. The van der Waals surface area contributed by atoms with Gasteiger partial charge in [-0.3, -0.25) is 4.79 Å². The number of thiazole rings is 1. The molecule has 0 saturated heterocycles. The lowest BCUT2D eigenvalue weighted by molar-refractivity contribution is -0.141. The summed E-state index contributed by atoms with van der Waals surface area (Å²) in [5.74, 6) is -1.09. The van der Waals surface area contributed by atoms with E-state index in [2.05, 4.69) is 15.6 Å². The molecule has 0 bridgehead atoms. The Hall–Kier alpha value is -1.63. The van der Waals surface area contributed by atoms with Crippen LogP contribution in [-0.2, 0) is 11.2 Å². The first-order valence-electron chi connectivity index (χ1n) is 6.73. The maximum atomic E-state index is 11.7. The van der Waals surface area contributed by atoms with Gasteiger partial charge in [-0.1, -0.05) is 0 Å². The number of carboxylic acid groups (broad SMARTS) is 1. The highest BCUT2D eigenvalue weighted by atomic mass is 32.1. The van der Waals surface area contributed by atoms with Gasteiger partial charge in [0.05, 0.1) is 16.6 Å². The number of urea groups is 1. The molecule has 2 atom stereocenters. The Morgan fingerprint density at radius 3 is 2.90 bits per heavy atom. The van der Waals surface area contributed by atoms with Crippen LogP contribution < -0.4 is 10.6 Å². The van der Waals surface area contributed by atoms with Gasteiger partial charge in [-0.15, -0.1) is 11.3 Å². The SMILES string of the molecule is Cc1nc(CCNC(=O)NC2CCC(C(=O)O)C2)cs1. The monoisotopic (exact) mass is 297 g/mol. The predicted octanol–water partition coefficient (Wildman–Crippen LogP) is 1.55. The second kappa shape index (κ2) is 6.69. The zero-order valence-corrected chi connectivity index (χ0v) is 12.2. The molecule has 20 heavy (non-hydrogen) atoms. The topological polar surface area (TPSA) is 91.3 Å². The molecule has 1 saturated carbocycles. The number of hydrogen-bond acceptors (Lipinski definition) is 4. The van der Waals surface area contributed by atoms with E-state index in [4.69, 9.17) is 5.11 Å². The first kappa shape index (κ1) is 14.8. The summed E-state index contributed by atoms with van der Waals surface area (Å²) in [6, 6.07) is -0.259. The van der Waals surface area contributed by atoms with Crippen molar-refractivity contribution in [3.63, 3.8) is 0 Å². The summed E-state index contributed by atoms with van der Waals surface area (Å²) >= 11 is 1.60. The van der Waals surface area contributed by atoms with Crippen LogP contribution in [0.4, 0.5) is 4.79 Å². The first-order chi connectivity index (χ1) is 9.54. The predicted molar refractivity (Wildman–Crippen MR) is 75.9 cm³/mol. The number of nitrogens with one attached hydrogen (secondary N) is 2. The third kappa shape index (κ3) is 4.19. The normalized spacial score (nSPS) is 21.6. The van der Waals surface area contributed by atoms with Gasteiger partial charge in [-0.25, -0.2) is 9.78 Å². The summed E-state index contributed by atoms with van der Waals surface area (Å²) in [7, 11) is 0. The van der Waals surface area contributed by atoms with Crippen molar-refractivity contribution in [1.29, 1.82) is 0 Å². The fourth-order valence-corrected chi connectivity index (χ4v) is 3.05. The fourth-order valence-electron chi connectivity index (χ4n) is 2.40. The summed E-state index contributed by atoms with van der Waals surface area (Å²) in [5.41, 5.74) is 0.986. The van der Waals surface area contributed by atoms with Crippen LogP contribution >= 0.6 is 11.3 Å². The van der Waals surface area contributed by atoms with Crippen molar-refractivity contribution in [2.24, 2.45) is 5.92 Å². The van der Waals surface area contributed by atoms with Gasteiger partial charge >= 0.3 is 12.0 Å². The molecule has 0 aromatic carbocycles. The highest BCUT2D eigenvalue weighted by Crippen LogP contribution is 2.25. The van der Waals surface area contributed by atoms with Gasteiger partial charge in [0.25, 0.3) is 0 Å². The number of aryl methyl sites for hydroxylation is 1. The third-order valence-electron chi connectivity index (χ3n) is 3.45. The summed E-state index contributed by atoms with van der Waals surface area (Å²) in [6.07, 6.45) is 2.60. The van der Waals surface area contributed by atoms with Crippen molar-refractivity contribution in [1.82, 2.24) is 15.6 Å². The molecule has 6 nitrogen and oxygen atoms in total. The molecule has 0 spiro atoms. The van der Waals surface area contributed by atoms with E-state index < -0.39 is 5.97 Å². The second-order valence-electron chi connectivity index (χ2n) is 5.05. The number of carbonyl (C=O) groups is 2. The van der Waals surface area contributed by atoms with Crippen molar-refractivity contribution >= 4 is 23.3 Å². The number of aromatic nitrogens is 1. The lowest BCUT2D eigenvalue weighted by atomic mass is 10.1. The van der Waals surface area contributed by atoms with Gasteiger partial charge in [-0.05, 0) is 26.2 Å². The average molecular weight is 297 g/mol. The van der Waals surface area contributed by atoms with E-state index in [0.29, 0.717) is 25.8 Å². The summed E-state index contributed by atoms with van der Waals surface area (Å²) in [4.78, 5) is 26.8. The number of aliphatic carboxylic acids is 1. The van der Waals surface area contributed by atoms with Crippen molar-refractivity contribution < 1.29 is 14.7 Å². The first-order valence-corrected chi connectivity index (χ1v) is 7.60. The molecule has 1 heterocycles. The zero-order valence-electron chi connectivity index (χ0n) is 11.4. The van der Waals surface area contributed by atoms with Crippen LogP contribution in [0.15, 0.2) is 5.38 Å². The van der Waals surface area contributed by atoms with Crippen LogP contribution in [0.5, 0.6) is 0 Å². The van der Waals surface area contributed by atoms with E-state index in [1.165, 1.54) is 0 Å². The minimum Gasteiger partial charge on any atom is -0.481 e. The molecular weight excluding hydrogens is 278 g/mol. The van der Waals surface area contributed by atoms with Crippen LogP contribution in [0.2, 0.25) is 0 Å². The average Bonchev–Trinajstić information content (AvgIpc) is 2.99. The zero-order chi connectivity index (χ0) is 14.5. The molecular formula is C13H19N3O3S.